The summed E-state index contributed by atoms with van der Waals surface area (Å²) in [7, 11) is 0. The van der Waals surface area contributed by atoms with E-state index in [2.05, 4.69) is 18.3 Å². The molecule has 0 atom stereocenters. The van der Waals surface area contributed by atoms with Crippen molar-refractivity contribution in [1.82, 2.24) is 0 Å². The number of benzene rings is 1. The van der Waals surface area contributed by atoms with E-state index in [1.807, 2.05) is 12.1 Å². The fourth-order valence-electron chi connectivity index (χ4n) is 1.88. The van der Waals surface area contributed by atoms with E-state index in [0.29, 0.717) is 0 Å². The third-order valence-electron chi connectivity index (χ3n) is 3.10. The molecule has 0 amide bonds. The maximum Gasteiger partial charge on any atom is 0.0603 e. The summed E-state index contributed by atoms with van der Waals surface area (Å²) in [4.78, 5) is 0. The molecule has 1 aromatic rings. The average molecular weight is 190 g/mol. The number of para-hydroxylation sites is 1. The largest absolute Gasteiger partial charge is 0.397 e. The van der Waals surface area contributed by atoms with Gasteiger partial charge in [0.2, 0.25) is 0 Å². The van der Waals surface area contributed by atoms with Crippen LogP contribution in [0.2, 0.25) is 0 Å². The minimum Gasteiger partial charge on any atom is -0.397 e. The highest BCUT2D eigenvalue weighted by Crippen LogP contribution is 2.28. The normalized spacial score (nSPS) is 16.4. The fraction of sp³-hybridized carbons (Fsp3) is 0.500. The number of rotatable bonds is 3. The number of nitrogen functional groups attached to an aromatic ring is 1. The molecule has 2 rings (SSSR count). The van der Waals surface area contributed by atoms with Crippen LogP contribution in [0.4, 0.5) is 11.4 Å². The Morgan fingerprint density at radius 1 is 1.43 bits per heavy atom. The van der Waals surface area contributed by atoms with Crippen LogP contribution < -0.4 is 11.1 Å². The molecule has 0 bridgehead atoms. The van der Waals surface area contributed by atoms with E-state index in [9.17, 15) is 0 Å². The molecule has 14 heavy (non-hydrogen) atoms. The number of nitrogens with two attached hydrogens (primary N) is 1. The molecule has 1 aliphatic carbocycles. The Bertz CT molecular complexity index is 296. The maximum atomic E-state index is 5.90. The van der Waals surface area contributed by atoms with Gasteiger partial charge >= 0.3 is 0 Å². The van der Waals surface area contributed by atoms with Gasteiger partial charge in [0.1, 0.15) is 0 Å². The van der Waals surface area contributed by atoms with Gasteiger partial charge in [0, 0.05) is 6.54 Å². The van der Waals surface area contributed by atoms with E-state index in [1.165, 1.54) is 24.8 Å². The molecule has 0 aromatic heterocycles. The number of anilines is 2. The van der Waals surface area contributed by atoms with Crippen molar-refractivity contribution in [2.45, 2.75) is 26.2 Å². The lowest BCUT2D eigenvalue weighted by atomic mass is 9.85. The summed E-state index contributed by atoms with van der Waals surface area (Å²) in [5, 5.41) is 3.46. The molecule has 0 saturated heterocycles. The van der Waals surface area contributed by atoms with Gasteiger partial charge in [0.25, 0.3) is 0 Å². The summed E-state index contributed by atoms with van der Waals surface area (Å²) >= 11 is 0. The van der Waals surface area contributed by atoms with Crippen LogP contribution in [0.5, 0.6) is 0 Å². The lowest BCUT2D eigenvalue weighted by Gasteiger charge is -2.26. The highest BCUT2D eigenvalue weighted by atomic mass is 14.9. The van der Waals surface area contributed by atoms with Crippen molar-refractivity contribution in [2.24, 2.45) is 5.92 Å². The minimum atomic E-state index is 0.865. The first-order chi connectivity index (χ1) is 6.77. The predicted molar refractivity (Wildman–Crippen MR) is 61.4 cm³/mol. The molecule has 2 heteroatoms. The van der Waals surface area contributed by atoms with Crippen molar-refractivity contribution in [2.75, 3.05) is 17.6 Å². The molecule has 1 aromatic carbocycles. The SMILES string of the molecule is Cc1cccc(N)c1NCC1CCC1. The average Bonchev–Trinajstić information content (AvgIpc) is 2.07. The van der Waals surface area contributed by atoms with E-state index in [4.69, 9.17) is 5.73 Å². The van der Waals surface area contributed by atoms with Gasteiger partial charge < -0.3 is 11.1 Å². The van der Waals surface area contributed by atoms with Crippen LogP contribution in [0.25, 0.3) is 0 Å². The number of nitrogens with one attached hydrogen (secondary N) is 1. The van der Waals surface area contributed by atoms with Crippen LogP contribution in [-0.2, 0) is 0 Å². The second-order valence-electron chi connectivity index (χ2n) is 4.22. The lowest BCUT2D eigenvalue weighted by molar-refractivity contribution is 0.333. The van der Waals surface area contributed by atoms with Gasteiger partial charge in [-0.15, -0.1) is 0 Å². The Balaban J connectivity index is 2.00. The molecule has 1 saturated carbocycles. The molecule has 0 spiro atoms. The highest BCUT2D eigenvalue weighted by molar-refractivity contribution is 5.69. The first-order valence-corrected chi connectivity index (χ1v) is 5.36. The van der Waals surface area contributed by atoms with Gasteiger partial charge in [-0.2, -0.15) is 0 Å². The summed E-state index contributed by atoms with van der Waals surface area (Å²) in [6.45, 7) is 3.18. The Morgan fingerprint density at radius 3 is 2.79 bits per heavy atom. The van der Waals surface area contributed by atoms with Crippen LogP contribution in [0, 0.1) is 12.8 Å². The van der Waals surface area contributed by atoms with E-state index in [0.717, 1.165) is 23.8 Å². The first kappa shape index (κ1) is 9.38. The van der Waals surface area contributed by atoms with Gasteiger partial charge in [-0.1, -0.05) is 18.6 Å². The molecule has 1 fully saturated rings. The van der Waals surface area contributed by atoms with Crippen molar-refractivity contribution < 1.29 is 0 Å². The molecular formula is C12H18N2. The van der Waals surface area contributed by atoms with Gasteiger partial charge in [-0.25, -0.2) is 0 Å². The summed E-state index contributed by atoms with van der Waals surface area (Å²) < 4.78 is 0. The Kier molecular flexibility index (Phi) is 2.62. The molecule has 0 heterocycles. The summed E-state index contributed by atoms with van der Waals surface area (Å²) in [5.41, 5.74) is 9.13. The van der Waals surface area contributed by atoms with Crippen LogP contribution in [-0.4, -0.2) is 6.54 Å². The van der Waals surface area contributed by atoms with E-state index in [-0.39, 0.29) is 0 Å². The number of hydrogen-bond acceptors (Lipinski definition) is 2. The van der Waals surface area contributed by atoms with E-state index >= 15 is 0 Å². The zero-order valence-corrected chi connectivity index (χ0v) is 8.72. The van der Waals surface area contributed by atoms with Crippen LogP contribution >= 0.6 is 0 Å². The third-order valence-corrected chi connectivity index (χ3v) is 3.10. The summed E-state index contributed by atoms with van der Waals surface area (Å²) in [5.74, 6) is 0.869. The Labute approximate surface area is 85.5 Å². The standard InChI is InChI=1S/C12H18N2/c1-9-4-2-7-11(13)12(9)14-8-10-5-3-6-10/h2,4,7,10,14H,3,5-6,8,13H2,1H3. The van der Waals surface area contributed by atoms with Crippen molar-refractivity contribution >= 4 is 11.4 Å². The summed E-state index contributed by atoms with van der Waals surface area (Å²) in [6, 6.07) is 6.05. The maximum absolute atomic E-state index is 5.90. The van der Waals surface area contributed by atoms with Crippen molar-refractivity contribution in [3.63, 3.8) is 0 Å². The van der Waals surface area contributed by atoms with Crippen LogP contribution in [0.1, 0.15) is 24.8 Å². The third kappa shape index (κ3) is 1.84. The zero-order chi connectivity index (χ0) is 9.97. The zero-order valence-electron chi connectivity index (χ0n) is 8.72. The van der Waals surface area contributed by atoms with Crippen molar-refractivity contribution in [1.29, 1.82) is 0 Å². The molecule has 0 unspecified atom stereocenters. The predicted octanol–water partition coefficient (Wildman–Crippen LogP) is 2.79. The first-order valence-electron chi connectivity index (χ1n) is 5.36. The van der Waals surface area contributed by atoms with Crippen LogP contribution in [0.3, 0.4) is 0 Å². The van der Waals surface area contributed by atoms with Crippen molar-refractivity contribution in [3.8, 4) is 0 Å². The van der Waals surface area contributed by atoms with Gasteiger partial charge in [0.15, 0.2) is 0 Å². The Morgan fingerprint density at radius 2 is 2.21 bits per heavy atom. The Hall–Kier alpha value is -1.18. The molecule has 76 valence electrons. The summed E-state index contributed by atoms with van der Waals surface area (Å²) in [6.07, 6.45) is 4.15. The van der Waals surface area contributed by atoms with Crippen molar-refractivity contribution in [3.05, 3.63) is 23.8 Å². The van der Waals surface area contributed by atoms with E-state index in [1.54, 1.807) is 0 Å². The second kappa shape index (κ2) is 3.91. The fourth-order valence-corrected chi connectivity index (χ4v) is 1.88. The smallest absolute Gasteiger partial charge is 0.0603 e. The molecule has 2 nitrogen and oxygen atoms in total. The topological polar surface area (TPSA) is 38.0 Å². The lowest BCUT2D eigenvalue weighted by Crippen LogP contribution is -2.21. The monoisotopic (exact) mass is 190 g/mol. The molecular weight excluding hydrogens is 172 g/mol. The highest BCUT2D eigenvalue weighted by Gasteiger charge is 2.17. The molecule has 3 N–H and O–H groups in total. The minimum absolute atomic E-state index is 0.865. The van der Waals surface area contributed by atoms with Gasteiger partial charge in [0.05, 0.1) is 11.4 Å². The van der Waals surface area contributed by atoms with Crippen LogP contribution in [0.15, 0.2) is 18.2 Å². The van der Waals surface area contributed by atoms with E-state index < -0.39 is 0 Å². The van der Waals surface area contributed by atoms with Gasteiger partial charge in [-0.05, 0) is 37.3 Å². The number of aryl methyl sites for hydroxylation is 1. The number of hydrogen-bond donors (Lipinski definition) is 2. The molecule has 0 aliphatic heterocycles. The van der Waals surface area contributed by atoms with Gasteiger partial charge in [-0.3, -0.25) is 0 Å². The second-order valence-corrected chi connectivity index (χ2v) is 4.22. The quantitative estimate of drug-likeness (QED) is 0.719. The molecule has 1 aliphatic rings. The molecule has 0 radical (unpaired) electrons.